The number of rotatable bonds is 6. The van der Waals surface area contributed by atoms with Crippen molar-refractivity contribution in [2.45, 2.75) is 50.0 Å². The summed E-state index contributed by atoms with van der Waals surface area (Å²) in [6.45, 7) is 0.118. The van der Waals surface area contributed by atoms with Crippen LogP contribution in [0.1, 0.15) is 43.2 Å². The van der Waals surface area contributed by atoms with E-state index in [1.165, 1.54) is 12.4 Å². The summed E-state index contributed by atoms with van der Waals surface area (Å²) in [5, 5.41) is 20.9. The average Bonchev–Trinajstić information content (AvgIpc) is 3.38. The summed E-state index contributed by atoms with van der Waals surface area (Å²) >= 11 is 0. The number of hydrogen-bond donors (Lipinski definition) is 1. The van der Waals surface area contributed by atoms with Gasteiger partial charge in [0.1, 0.15) is 0 Å². The van der Waals surface area contributed by atoms with E-state index in [2.05, 4.69) is 0 Å². The van der Waals surface area contributed by atoms with E-state index in [-0.39, 0.29) is 19.1 Å². The zero-order valence-corrected chi connectivity index (χ0v) is 17.5. The maximum absolute atomic E-state index is 13.4. The molecule has 2 aromatic rings. The molecule has 2 amide bonds. The van der Waals surface area contributed by atoms with E-state index < -0.39 is 17.4 Å². The van der Waals surface area contributed by atoms with Crippen LogP contribution in [0.2, 0.25) is 0 Å². The van der Waals surface area contributed by atoms with Crippen molar-refractivity contribution in [2.75, 3.05) is 13.7 Å². The van der Waals surface area contributed by atoms with Crippen LogP contribution in [0.25, 0.3) is 0 Å². The average molecular weight is 426 g/mol. The molecule has 1 saturated heterocycles. The largest absolute Gasteiger partial charge is 0.619 e. The lowest BCUT2D eigenvalue weighted by Gasteiger charge is -2.29. The number of carboxylic acid groups (broad SMARTS) is 1. The van der Waals surface area contributed by atoms with Crippen molar-refractivity contribution < 1.29 is 28.9 Å². The Bertz CT molecular complexity index is 971. The first-order valence-corrected chi connectivity index (χ1v) is 10.5. The van der Waals surface area contributed by atoms with Gasteiger partial charge in [-0.05, 0) is 61.8 Å². The second-order valence-corrected chi connectivity index (χ2v) is 8.20. The molecular formula is C23H26N2O6. The van der Waals surface area contributed by atoms with Crippen LogP contribution in [-0.2, 0) is 16.6 Å². The Balaban J connectivity index is 1.75. The lowest BCUT2D eigenvalue weighted by atomic mass is 9.74. The monoisotopic (exact) mass is 426 g/mol. The first-order valence-electron chi connectivity index (χ1n) is 10.5. The standard InChI is InChI=1S/C23H26N2O6/c1-30-19-7-6-17(14-20(19)31-18-4-2-3-5-18)23(10-13-25(21(23)26)22(27)28)15-16-8-11-24(29)12-9-16/h6-9,11-12,14,18H,2-5,10,13,15H2,1H3,(H,27,28). The number of likely N-dealkylation sites (tertiary alicyclic amines) is 1. The zero-order valence-electron chi connectivity index (χ0n) is 17.5. The number of imide groups is 1. The van der Waals surface area contributed by atoms with Crippen molar-refractivity contribution in [1.29, 1.82) is 0 Å². The number of methoxy groups -OCH3 is 1. The summed E-state index contributed by atoms with van der Waals surface area (Å²) in [6.07, 6.45) is 6.43. The van der Waals surface area contributed by atoms with Gasteiger partial charge in [0.25, 0.3) is 0 Å². The zero-order chi connectivity index (χ0) is 22.0. The number of carbonyl (C=O) groups is 2. The molecule has 2 aliphatic rings. The number of ether oxygens (including phenoxy) is 2. The first kappa shape index (κ1) is 21.0. The predicted octanol–water partition coefficient (Wildman–Crippen LogP) is 3.04. The molecule has 8 heteroatoms. The van der Waals surface area contributed by atoms with Gasteiger partial charge in [-0.1, -0.05) is 6.07 Å². The summed E-state index contributed by atoms with van der Waals surface area (Å²) in [5.74, 6) is 0.688. The van der Waals surface area contributed by atoms with Gasteiger partial charge < -0.3 is 19.8 Å². The minimum atomic E-state index is -1.26. The Kier molecular flexibility index (Phi) is 5.71. The fraction of sp³-hybridized carbons (Fsp3) is 0.435. The van der Waals surface area contributed by atoms with Crippen molar-refractivity contribution in [1.82, 2.24) is 4.90 Å². The minimum absolute atomic E-state index is 0.108. The third kappa shape index (κ3) is 4.02. The third-order valence-corrected chi connectivity index (χ3v) is 6.34. The van der Waals surface area contributed by atoms with E-state index in [0.29, 0.717) is 28.2 Å². The number of amides is 2. The molecule has 164 valence electrons. The quantitative estimate of drug-likeness (QED) is 0.563. The van der Waals surface area contributed by atoms with Crippen LogP contribution in [0.15, 0.2) is 42.7 Å². The van der Waals surface area contributed by atoms with E-state index in [9.17, 15) is 19.9 Å². The number of benzene rings is 1. The Hall–Kier alpha value is -3.29. The van der Waals surface area contributed by atoms with Crippen molar-refractivity contribution in [3.8, 4) is 11.5 Å². The summed E-state index contributed by atoms with van der Waals surface area (Å²) in [4.78, 5) is 25.9. The van der Waals surface area contributed by atoms with Crippen LogP contribution < -0.4 is 14.2 Å². The Labute approximate surface area is 180 Å². The predicted molar refractivity (Wildman–Crippen MR) is 111 cm³/mol. The van der Waals surface area contributed by atoms with Gasteiger partial charge in [0.2, 0.25) is 5.91 Å². The molecule has 4 rings (SSSR count). The lowest BCUT2D eigenvalue weighted by Crippen LogP contribution is -2.41. The maximum atomic E-state index is 13.4. The normalized spacial score (nSPS) is 21.5. The van der Waals surface area contributed by atoms with Gasteiger partial charge in [-0.3, -0.25) is 4.79 Å². The van der Waals surface area contributed by atoms with Crippen molar-refractivity contribution >= 4 is 12.0 Å². The van der Waals surface area contributed by atoms with Crippen LogP contribution in [0.3, 0.4) is 0 Å². The fourth-order valence-corrected chi connectivity index (χ4v) is 4.65. The van der Waals surface area contributed by atoms with Crippen LogP contribution in [-0.4, -0.2) is 41.8 Å². The fourth-order valence-electron chi connectivity index (χ4n) is 4.65. The third-order valence-electron chi connectivity index (χ3n) is 6.34. The smallest absolute Gasteiger partial charge is 0.414 e. The highest BCUT2D eigenvalue weighted by Crippen LogP contribution is 2.43. The molecule has 8 nitrogen and oxygen atoms in total. The molecule has 0 radical (unpaired) electrons. The summed E-state index contributed by atoms with van der Waals surface area (Å²) in [6, 6.07) is 8.71. The Morgan fingerprint density at radius 2 is 1.94 bits per heavy atom. The van der Waals surface area contributed by atoms with Gasteiger partial charge in [0.15, 0.2) is 23.9 Å². The number of carbonyl (C=O) groups excluding carboxylic acids is 1. The molecule has 2 heterocycles. The van der Waals surface area contributed by atoms with E-state index in [1.54, 1.807) is 31.4 Å². The molecule has 2 fully saturated rings. The molecule has 1 aliphatic carbocycles. The Morgan fingerprint density at radius 1 is 1.23 bits per heavy atom. The van der Waals surface area contributed by atoms with Gasteiger partial charge in [0, 0.05) is 18.7 Å². The molecule has 1 saturated carbocycles. The topological polar surface area (TPSA) is 103 Å². The van der Waals surface area contributed by atoms with Crippen molar-refractivity contribution in [3.63, 3.8) is 0 Å². The van der Waals surface area contributed by atoms with Gasteiger partial charge in [-0.25, -0.2) is 9.69 Å². The minimum Gasteiger partial charge on any atom is -0.619 e. The molecular weight excluding hydrogens is 400 g/mol. The molecule has 0 bridgehead atoms. The van der Waals surface area contributed by atoms with E-state index in [1.807, 2.05) is 6.07 Å². The van der Waals surface area contributed by atoms with E-state index in [0.717, 1.165) is 36.1 Å². The number of hydrogen-bond acceptors (Lipinski definition) is 5. The van der Waals surface area contributed by atoms with Crippen LogP contribution in [0.5, 0.6) is 11.5 Å². The molecule has 1 unspecified atom stereocenters. The molecule has 1 aromatic heterocycles. The summed E-state index contributed by atoms with van der Waals surface area (Å²) in [5.41, 5.74) is 0.406. The van der Waals surface area contributed by atoms with Crippen LogP contribution >= 0.6 is 0 Å². The highest BCUT2D eigenvalue weighted by Gasteiger charge is 2.50. The van der Waals surface area contributed by atoms with Crippen LogP contribution in [0, 0.1) is 5.21 Å². The number of nitrogens with zero attached hydrogens (tertiary/aromatic N) is 2. The SMILES string of the molecule is COc1ccc(C2(Cc3cc[n+]([O-])cc3)CCN(C(=O)O)C2=O)cc1OC1CCCC1. The lowest BCUT2D eigenvalue weighted by molar-refractivity contribution is -0.605. The maximum Gasteiger partial charge on any atom is 0.414 e. The van der Waals surface area contributed by atoms with Gasteiger partial charge >= 0.3 is 6.09 Å². The molecule has 1 atom stereocenters. The molecule has 1 aliphatic heterocycles. The first-order chi connectivity index (χ1) is 14.9. The van der Waals surface area contributed by atoms with Crippen LogP contribution in [0.4, 0.5) is 4.79 Å². The molecule has 1 N–H and O–H groups in total. The van der Waals surface area contributed by atoms with Crippen molar-refractivity contribution in [2.24, 2.45) is 0 Å². The Morgan fingerprint density at radius 3 is 2.55 bits per heavy atom. The second kappa shape index (κ2) is 8.45. The number of aromatic nitrogens is 1. The van der Waals surface area contributed by atoms with E-state index >= 15 is 0 Å². The van der Waals surface area contributed by atoms with E-state index in [4.69, 9.17) is 9.47 Å². The molecule has 0 spiro atoms. The summed E-state index contributed by atoms with van der Waals surface area (Å²) in [7, 11) is 1.57. The molecule has 31 heavy (non-hydrogen) atoms. The molecule has 1 aromatic carbocycles. The second-order valence-electron chi connectivity index (χ2n) is 8.20. The highest BCUT2D eigenvalue weighted by atomic mass is 16.5. The van der Waals surface area contributed by atoms with Gasteiger partial charge in [-0.2, -0.15) is 4.73 Å². The summed E-state index contributed by atoms with van der Waals surface area (Å²) < 4.78 is 12.4. The number of pyridine rings is 1. The van der Waals surface area contributed by atoms with Gasteiger partial charge in [0.05, 0.1) is 18.6 Å². The van der Waals surface area contributed by atoms with Crippen molar-refractivity contribution in [3.05, 3.63) is 59.1 Å². The van der Waals surface area contributed by atoms with Gasteiger partial charge in [-0.15, -0.1) is 0 Å². The highest BCUT2D eigenvalue weighted by molar-refractivity contribution is 6.00.